The van der Waals surface area contributed by atoms with E-state index in [0.29, 0.717) is 29.4 Å². The van der Waals surface area contributed by atoms with E-state index in [9.17, 15) is 9.59 Å². The number of hydrogen-bond donors (Lipinski definition) is 1. The van der Waals surface area contributed by atoms with Gasteiger partial charge < -0.3 is 14.5 Å². The van der Waals surface area contributed by atoms with Crippen molar-refractivity contribution in [2.24, 2.45) is 0 Å². The first-order valence-corrected chi connectivity index (χ1v) is 12.1. The number of carbonyl (C=O) groups excluding carboxylic acids is 2. The topological polar surface area (TPSA) is 115 Å². The second kappa shape index (κ2) is 11.2. The third-order valence-corrected chi connectivity index (χ3v) is 6.17. The van der Waals surface area contributed by atoms with E-state index in [1.54, 1.807) is 37.4 Å². The van der Waals surface area contributed by atoms with Crippen molar-refractivity contribution < 1.29 is 18.7 Å². The van der Waals surface area contributed by atoms with E-state index in [4.69, 9.17) is 9.15 Å². The van der Waals surface area contributed by atoms with Crippen LogP contribution in [0.15, 0.2) is 40.8 Å². The van der Waals surface area contributed by atoms with E-state index in [1.165, 1.54) is 9.70 Å². The lowest BCUT2D eigenvalue weighted by molar-refractivity contribution is -0.127. The van der Waals surface area contributed by atoms with Gasteiger partial charge in [0.2, 0.25) is 11.7 Å². The summed E-state index contributed by atoms with van der Waals surface area (Å²) in [4.78, 5) is 29.8. The molecule has 1 N–H and O–H groups in total. The SMILES string of the molecule is CCC[C@@H](C(=O)NC1CCCC1)N(C(=O)Cn1nnc(-c2ccc(C)o2)n1)c1cccc(OC)c1. The van der Waals surface area contributed by atoms with E-state index < -0.39 is 6.04 Å². The van der Waals surface area contributed by atoms with Crippen molar-refractivity contribution >= 4 is 17.5 Å². The van der Waals surface area contributed by atoms with Crippen LogP contribution in [-0.4, -0.2) is 51.2 Å². The maximum atomic E-state index is 13.7. The summed E-state index contributed by atoms with van der Waals surface area (Å²) in [6, 6.07) is 10.2. The van der Waals surface area contributed by atoms with Crippen LogP contribution in [0.3, 0.4) is 0 Å². The van der Waals surface area contributed by atoms with Crippen LogP contribution < -0.4 is 15.0 Å². The Bertz CT molecular complexity index is 1150. The molecule has 0 aliphatic heterocycles. The summed E-state index contributed by atoms with van der Waals surface area (Å²) in [7, 11) is 1.57. The van der Waals surface area contributed by atoms with Gasteiger partial charge in [-0.25, -0.2) is 0 Å². The molecule has 10 heteroatoms. The van der Waals surface area contributed by atoms with Gasteiger partial charge in [-0.2, -0.15) is 4.80 Å². The molecule has 1 saturated carbocycles. The van der Waals surface area contributed by atoms with Crippen LogP contribution in [0.1, 0.15) is 51.2 Å². The maximum absolute atomic E-state index is 13.7. The van der Waals surface area contributed by atoms with Crippen molar-refractivity contribution in [3.8, 4) is 17.3 Å². The zero-order chi connectivity index (χ0) is 24.8. The van der Waals surface area contributed by atoms with Crippen LogP contribution in [0.2, 0.25) is 0 Å². The van der Waals surface area contributed by atoms with Crippen molar-refractivity contribution in [2.45, 2.75) is 71.0 Å². The van der Waals surface area contributed by atoms with E-state index in [0.717, 1.165) is 37.9 Å². The Morgan fingerprint density at radius 1 is 1.26 bits per heavy atom. The predicted octanol–water partition coefficient (Wildman–Crippen LogP) is 3.51. The van der Waals surface area contributed by atoms with E-state index in [-0.39, 0.29) is 24.4 Å². The van der Waals surface area contributed by atoms with Gasteiger partial charge in [-0.15, -0.1) is 10.2 Å². The highest BCUT2D eigenvalue weighted by Gasteiger charge is 2.33. The minimum Gasteiger partial charge on any atom is -0.497 e. The first-order chi connectivity index (χ1) is 17.0. The monoisotopic (exact) mass is 480 g/mol. The summed E-state index contributed by atoms with van der Waals surface area (Å²) in [5.74, 6) is 1.63. The van der Waals surface area contributed by atoms with Crippen molar-refractivity contribution in [3.05, 3.63) is 42.2 Å². The number of nitrogens with one attached hydrogen (secondary N) is 1. The highest BCUT2D eigenvalue weighted by molar-refractivity contribution is 6.00. The number of aryl methyl sites for hydroxylation is 1. The van der Waals surface area contributed by atoms with Gasteiger partial charge in [0, 0.05) is 17.8 Å². The number of methoxy groups -OCH3 is 1. The van der Waals surface area contributed by atoms with Crippen LogP contribution >= 0.6 is 0 Å². The molecule has 1 atom stereocenters. The summed E-state index contributed by atoms with van der Waals surface area (Å²) >= 11 is 0. The molecular formula is C25H32N6O4. The number of rotatable bonds is 10. The number of nitrogens with zero attached hydrogens (tertiary/aromatic N) is 5. The average molecular weight is 481 g/mol. The minimum atomic E-state index is -0.670. The van der Waals surface area contributed by atoms with Gasteiger partial charge in [-0.1, -0.05) is 32.3 Å². The Labute approximate surface area is 204 Å². The van der Waals surface area contributed by atoms with Crippen LogP contribution in [0.5, 0.6) is 5.75 Å². The number of tetrazole rings is 1. The molecule has 186 valence electrons. The fraction of sp³-hybridized carbons (Fsp3) is 0.480. The summed E-state index contributed by atoms with van der Waals surface area (Å²) in [5, 5.41) is 15.5. The maximum Gasteiger partial charge on any atom is 0.251 e. The minimum absolute atomic E-state index is 0.145. The third kappa shape index (κ3) is 5.87. The Morgan fingerprint density at radius 3 is 2.74 bits per heavy atom. The molecule has 35 heavy (non-hydrogen) atoms. The van der Waals surface area contributed by atoms with Crippen LogP contribution in [0.4, 0.5) is 5.69 Å². The molecule has 1 aromatic carbocycles. The van der Waals surface area contributed by atoms with Crippen molar-refractivity contribution in [1.82, 2.24) is 25.5 Å². The second-order valence-electron chi connectivity index (χ2n) is 8.81. The lowest BCUT2D eigenvalue weighted by Crippen LogP contribution is -2.52. The number of benzene rings is 1. The standard InChI is InChI=1S/C25H32N6O4/c1-4-8-21(25(33)26-18-9-5-6-10-18)31(19-11-7-12-20(15-19)34-3)23(32)16-30-28-24(27-29-30)22-14-13-17(2)35-22/h7,11-15,18,21H,4-6,8-10,16H2,1-3H3,(H,26,33)/t21-/m0/s1. The lowest BCUT2D eigenvalue weighted by atomic mass is 10.1. The molecule has 0 spiro atoms. The first-order valence-electron chi connectivity index (χ1n) is 12.1. The molecular weight excluding hydrogens is 448 g/mol. The summed E-state index contributed by atoms with van der Waals surface area (Å²) in [5.41, 5.74) is 0.580. The van der Waals surface area contributed by atoms with Crippen LogP contribution in [0, 0.1) is 6.92 Å². The van der Waals surface area contributed by atoms with Crippen LogP contribution in [-0.2, 0) is 16.1 Å². The molecule has 2 heterocycles. The number of aromatic nitrogens is 4. The van der Waals surface area contributed by atoms with Crippen molar-refractivity contribution in [2.75, 3.05) is 12.0 Å². The largest absolute Gasteiger partial charge is 0.497 e. The number of hydrogen-bond acceptors (Lipinski definition) is 7. The molecule has 1 aliphatic rings. The smallest absolute Gasteiger partial charge is 0.251 e. The molecule has 0 unspecified atom stereocenters. The molecule has 0 radical (unpaired) electrons. The molecule has 1 fully saturated rings. The molecule has 2 amide bonds. The van der Waals surface area contributed by atoms with Gasteiger partial charge >= 0.3 is 0 Å². The van der Waals surface area contributed by atoms with E-state index in [1.807, 2.05) is 19.9 Å². The fourth-order valence-corrected chi connectivity index (χ4v) is 4.44. The molecule has 1 aliphatic carbocycles. The Morgan fingerprint density at radius 2 is 2.06 bits per heavy atom. The predicted molar refractivity (Wildman–Crippen MR) is 130 cm³/mol. The lowest BCUT2D eigenvalue weighted by Gasteiger charge is -2.32. The molecule has 4 rings (SSSR count). The van der Waals surface area contributed by atoms with E-state index >= 15 is 0 Å². The molecule has 2 aromatic heterocycles. The van der Waals surface area contributed by atoms with Gasteiger partial charge in [0.1, 0.15) is 24.1 Å². The molecule has 10 nitrogen and oxygen atoms in total. The van der Waals surface area contributed by atoms with Crippen molar-refractivity contribution in [3.63, 3.8) is 0 Å². The molecule has 0 saturated heterocycles. The second-order valence-corrected chi connectivity index (χ2v) is 8.81. The Hall–Kier alpha value is -3.69. The summed E-state index contributed by atoms with van der Waals surface area (Å²) in [6.45, 7) is 3.65. The number of ether oxygens (including phenoxy) is 1. The number of furan rings is 1. The number of amides is 2. The fourth-order valence-electron chi connectivity index (χ4n) is 4.44. The molecule has 0 bridgehead atoms. The van der Waals surface area contributed by atoms with Gasteiger partial charge in [0.15, 0.2) is 5.76 Å². The van der Waals surface area contributed by atoms with Crippen LogP contribution in [0.25, 0.3) is 11.6 Å². The third-order valence-electron chi connectivity index (χ3n) is 6.17. The average Bonchev–Trinajstić information content (AvgIpc) is 3.62. The quantitative estimate of drug-likeness (QED) is 0.472. The highest BCUT2D eigenvalue weighted by Crippen LogP contribution is 2.26. The highest BCUT2D eigenvalue weighted by atomic mass is 16.5. The van der Waals surface area contributed by atoms with Gasteiger partial charge in [-0.05, 0) is 55.7 Å². The van der Waals surface area contributed by atoms with E-state index in [2.05, 4.69) is 20.7 Å². The summed E-state index contributed by atoms with van der Waals surface area (Å²) in [6.07, 6.45) is 5.41. The molecule has 3 aromatic rings. The first kappa shape index (κ1) is 24.4. The zero-order valence-corrected chi connectivity index (χ0v) is 20.4. The normalized spacial score (nSPS) is 14.6. The zero-order valence-electron chi connectivity index (χ0n) is 20.4. The van der Waals surface area contributed by atoms with Gasteiger partial charge in [0.05, 0.1) is 7.11 Å². The Balaban J connectivity index is 1.61. The van der Waals surface area contributed by atoms with Gasteiger partial charge in [-0.3, -0.25) is 14.5 Å². The Kier molecular flexibility index (Phi) is 7.79. The number of carbonyl (C=O) groups is 2. The number of anilines is 1. The summed E-state index contributed by atoms with van der Waals surface area (Å²) < 4.78 is 10.9. The van der Waals surface area contributed by atoms with Gasteiger partial charge in [0.25, 0.3) is 5.91 Å². The van der Waals surface area contributed by atoms with Crippen molar-refractivity contribution in [1.29, 1.82) is 0 Å².